The maximum atomic E-state index is 11.7. The molecule has 18 heavy (non-hydrogen) atoms. The van der Waals surface area contributed by atoms with Crippen LogP contribution in [0.15, 0.2) is 12.1 Å². The number of hydrogen-bond acceptors (Lipinski definition) is 4. The fraction of sp³-hybridized carbons (Fsp3) is 0.455. The molecule has 1 rings (SSSR count). The van der Waals surface area contributed by atoms with Crippen molar-refractivity contribution in [3.05, 3.63) is 17.2 Å². The molecule has 0 aromatic heterocycles. The number of nitrogens with one attached hydrogen (secondary N) is 1. The van der Waals surface area contributed by atoms with Crippen LogP contribution in [0.25, 0.3) is 0 Å². The van der Waals surface area contributed by atoms with Crippen LogP contribution >= 0.6 is 11.6 Å². The van der Waals surface area contributed by atoms with Crippen molar-refractivity contribution in [2.45, 2.75) is 13.3 Å². The molecule has 0 saturated carbocycles. The summed E-state index contributed by atoms with van der Waals surface area (Å²) in [5.41, 5.74) is 0.303. The molecule has 0 atom stereocenters. The predicted octanol–water partition coefficient (Wildman–Crippen LogP) is 2.51. The zero-order valence-electron chi connectivity index (χ0n) is 10.5. The molecular formula is C11H16ClNO4S. The van der Waals surface area contributed by atoms with Crippen molar-refractivity contribution >= 4 is 27.3 Å². The third-order valence-electron chi connectivity index (χ3n) is 2.21. The van der Waals surface area contributed by atoms with Gasteiger partial charge in [-0.2, -0.15) is 0 Å². The van der Waals surface area contributed by atoms with Gasteiger partial charge >= 0.3 is 0 Å². The number of ether oxygens (including phenoxy) is 2. The summed E-state index contributed by atoms with van der Waals surface area (Å²) in [5, 5.41) is 0.312. The predicted molar refractivity (Wildman–Crippen MR) is 72.3 cm³/mol. The summed E-state index contributed by atoms with van der Waals surface area (Å²) >= 11 is 5.95. The first-order chi connectivity index (χ1) is 8.43. The van der Waals surface area contributed by atoms with E-state index in [1.807, 2.05) is 0 Å². The summed E-state index contributed by atoms with van der Waals surface area (Å²) in [5.74, 6) is 0.822. The number of sulfonamides is 1. The molecule has 0 aliphatic carbocycles. The molecule has 0 amide bonds. The molecular weight excluding hydrogens is 278 g/mol. The van der Waals surface area contributed by atoms with E-state index >= 15 is 0 Å². The molecule has 0 bridgehead atoms. The average molecular weight is 294 g/mol. The lowest BCUT2D eigenvalue weighted by Crippen LogP contribution is -2.16. The van der Waals surface area contributed by atoms with Crippen molar-refractivity contribution in [2.75, 3.05) is 24.7 Å². The topological polar surface area (TPSA) is 64.6 Å². The lowest BCUT2D eigenvalue weighted by Gasteiger charge is -2.13. The van der Waals surface area contributed by atoms with E-state index < -0.39 is 10.0 Å². The molecule has 0 saturated heterocycles. The van der Waals surface area contributed by atoms with E-state index in [1.165, 1.54) is 26.4 Å². The highest BCUT2D eigenvalue weighted by Crippen LogP contribution is 2.36. The Kier molecular flexibility index (Phi) is 5.10. The number of rotatable bonds is 6. The summed E-state index contributed by atoms with van der Waals surface area (Å²) in [6.45, 7) is 1.79. The van der Waals surface area contributed by atoms with Crippen LogP contribution in [-0.2, 0) is 10.0 Å². The van der Waals surface area contributed by atoms with Gasteiger partial charge in [0.25, 0.3) is 0 Å². The maximum absolute atomic E-state index is 11.7. The molecule has 1 aromatic carbocycles. The van der Waals surface area contributed by atoms with Crippen LogP contribution < -0.4 is 14.2 Å². The molecule has 0 heterocycles. The van der Waals surface area contributed by atoms with Gasteiger partial charge in [-0.05, 0) is 12.5 Å². The fourth-order valence-electron chi connectivity index (χ4n) is 1.43. The van der Waals surface area contributed by atoms with E-state index in [4.69, 9.17) is 21.1 Å². The number of benzene rings is 1. The summed E-state index contributed by atoms with van der Waals surface area (Å²) < 4.78 is 36.0. The summed E-state index contributed by atoms with van der Waals surface area (Å²) in [6, 6.07) is 3.00. The van der Waals surface area contributed by atoms with Crippen molar-refractivity contribution in [1.82, 2.24) is 0 Å². The van der Waals surface area contributed by atoms with E-state index in [0.717, 1.165) is 0 Å². The Bertz CT molecular complexity index is 516. The third-order valence-corrected chi connectivity index (χ3v) is 3.98. The standard InChI is InChI=1S/C11H16ClNO4S/c1-4-5-18(14,15)13-9-6-8(12)10(16-2)7-11(9)17-3/h6-7,13H,4-5H2,1-3H3. The van der Waals surface area contributed by atoms with Crippen LogP contribution in [-0.4, -0.2) is 28.4 Å². The summed E-state index contributed by atoms with van der Waals surface area (Å²) in [6.07, 6.45) is 0.529. The maximum Gasteiger partial charge on any atom is 0.232 e. The third kappa shape index (κ3) is 3.68. The van der Waals surface area contributed by atoms with Gasteiger partial charge in [0.15, 0.2) is 0 Å². The minimum absolute atomic E-state index is 0.0415. The Morgan fingerprint density at radius 3 is 2.33 bits per heavy atom. The molecule has 102 valence electrons. The second-order valence-electron chi connectivity index (χ2n) is 3.61. The Hall–Kier alpha value is -1.14. The zero-order chi connectivity index (χ0) is 13.8. The first kappa shape index (κ1) is 14.9. The number of methoxy groups -OCH3 is 2. The van der Waals surface area contributed by atoms with Gasteiger partial charge in [-0.25, -0.2) is 8.42 Å². The van der Waals surface area contributed by atoms with E-state index in [9.17, 15) is 8.42 Å². The van der Waals surface area contributed by atoms with Gasteiger partial charge in [-0.1, -0.05) is 18.5 Å². The molecule has 0 radical (unpaired) electrons. The van der Waals surface area contributed by atoms with Crippen molar-refractivity contribution in [3.63, 3.8) is 0 Å². The van der Waals surface area contributed by atoms with Gasteiger partial charge in [0.2, 0.25) is 10.0 Å². The lowest BCUT2D eigenvalue weighted by molar-refractivity contribution is 0.396. The van der Waals surface area contributed by atoms with Gasteiger partial charge < -0.3 is 9.47 Å². The highest BCUT2D eigenvalue weighted by Gasteiger charge is 2.15. The second kappa shape index (κ2) is 6.15. The number of halogens is 1. The Balaban J connectivity index is 3.13. The second-order valence-corrected chi connectivity index (χ2v) is 5.86. The highest BCUT2D eigenvalue weighted by molar-refractivity contribution is 7.92. The van der Waals surface area contributed by atoms with Crippen LogP contribution in [0.2, 0.25) is 5.02 Å². The SMILES string of the molecule is CCCS(=O)(=O)Nc1cc(Cl)c(OC)cc1OC. The summed E-state index contributed by atoms with van der Waals surface area (Å²) in [7, 11) is -0.465. The lowest BCUT2D eigenvalue weighted by atomic mass is 10.3. The zero-order valence-corrected chi connectivity index (χ0v) is 12.1. The molecule has 5 nitrogen and oxygen atoms in total. The van der Waals surface area contributed by atoms with Crippen LogP contribution in [0.1, 0.15) is 13.3 Å². The Morgan fingerprint density at radius 1 is 1.22 bits per heavy atom. The van der Waals surface area contributed by atoms with Gasteiger partial charge in [-0.15, -0.1) is 0 Å². The average Bonchev–Trinajstić information content (AvgIpc) is 2.28. The van der Waals surface area contributed by atoms with Crippen LogP contribution in [0.3, 0.4) is 0 Å². The molecule has 1 N–H and O–H groups in total. The van der Waals surface area contributed by atoms with Crippen LogP contribution in [0, 0.1) is 0 Å². The van der Waals surface area contributed by atoms with Crippen molar-refractivity contribution in [3.8, 4) is 11.5 Å². The highest BCUT2D eigenvalue weighted by atomic mass is 35.5. The minimum Gasteiger partial charge on any atom is -0.495 e. The van der Waals surface area contributed by atoms with E-state index in [1.54, 1.807) is 6.92 Å². The van der Waals surface area contributed by atoms with Crippen LogP contribution in [0.4, 0.5) is 5.69 Å². The molecule has 0 spiro atoms. The van der Waals surface area contributed by atoms with Gasteiger partial charge in [0.1, 0.15) is 11.5 Å². The Labute approximate surface area is 112 Å². The molecule has 1 aromatic rings. The number of anilines is 1. The fourth-order valence-corrected chi connectivity index (χ4v) is 2.80. The normalized spacial score (nSPS) is 11.1. The first-order valence-electron chi connectivity index (χ1n) is 5.35. The molecule has 0 fully saturated rings. The van der Waals surface area contributed by atoms with E-state index in [0.29, 0.717) is 28.6 Å². The van der Waals surface area contributed by atoms with Crippen molar-refractivity contribution in [2.24, 2.45) is 0 Å². The van der Waals surface area contributed by atoms with Gasteiger partial charge in [0.05, 0.1) is 30.7 Å². The van der Waals surface area contributed by atoms with E-state index in [2.05, 4.69) is 4.72 Å². The minimum atomic E-state index is -3.38. The molecule has 0 aliphatic rings. The smallest absolute Gasteiger partial charge is 0.232 e. The quantitative estimate of drug-likeness (QED) is 0.875. The molecule has 7 heteroatoms. The van der Waals surface area contributed by atoms with Gasteiger partial charge in [0, 0.05) is 6.07 Å². The molecule has 0 unspecified atom stereocenters. The largest absolute Gasteiger partial charge is 0.495 e. The Morgan fingerprint density at radius 2 is 1.83 bits per heavy atom. The summed E-state index contributed by atoms with van der Waals surface area (Å²) in [4.78, 5) is 0. The monoisotopic (exact) mass is 293 g/mol. The number of hydrogen-bond donors (Lipinski definition) is 1. The van der Waals surface area contributed by atoms with Gasteiger partial charge in [-0.3, -0.25) is 4.72 Å². The van der Waals surface area contributed by atoms with Crippen molar-refractivity contribution < 1.29 is 17.9 Å². The van der Waals surface area contributed by atoms with Crippen LogP contribution in [0.5, 0.6) is 11.5 Å². The van der Waals surface area contributed by atoms with Crippen molar-refractivity contribution in [1.29, 1.82) is 0 Å². The van der Waals surface area contributed by atoms with E-state index in [-0.39, 0.29) is 5.75 Å². The first-order valence-corrected chi connectivity index (χ1v) is 7.38. The molecule has 0 aliphatic heterocycles.